The van der Waals surface area contributed by atoms with Crippen LogP contribution in [0.2, 0.25) is 10.0 Å². The van der Waals surface area contributed by atoms with Crippen molar-refractivity contribution in [2.24, 2.45) is 14.1 Å². The third-order valence-corrected chi connectivity index (χ3v) is 4.69. The average molecular weight is 365 g/mol. The summed E-state index contributed by atoms with van der Waals surface area (Å²) in [7, 11) is 3.01. The number of aromatic nitrogens is 3. The first-order chi connectivity index (χ1) is 11.3. The summed E-state index contributed by atoms with van der Waals surface area (Å²) in [6, 6.07) is 5.19. The lowest BCUT2D eigenvalue weighted by Gasteiger charge is -2.15. The Balaban J connectivity index is 2.36. The third-order valence-electron chi connectivity index (χ3n) is 3.87. The van der Waals surface area contributed by atoms with Crippen molar-refractivity contribution in [2.75, 3.05) is 5.32 Å². The van der Waals surface area contributed by atoms with E-state index in [0.717, 1.165) is 10.1 Å². The molecule has 0 aliphatic rings. The minimum atomic E-state index is -0.435. The Morgan fingerprint density at radius 2 is 1.83 bits per heavy atom. The number of aryl methyl sites for hydroxylation is 2. The van der Waals surface area contributed by atoms with Gasteiger partial charge in [0.1, 0.15) is 5.39 Å². The number of rotatable bonds is 2. The Labute approximate surface area is 147 Å². The van der Waals surface area contributed by atoms with E-state index in [1.54, 1.807) is 31.4 Å². The van der Waals surface area contributed by atoms with E-state index in [-0.39, 0.29) is 0 Å². The molecule has 0 spiro atoms. The second-order valence-corrected chi connectivity index (χ2v) is 6.23. The Hall–Kier alpha value is -2.31. The summed E-state index contributed by atoms with van der Waals surface area (Å²) in [5.74, 6) is 0. The second-order valence-electron chi connectivity index (χ2n) is 5.45. The molecule has 124 valence electrons. The van der Waals surface area contributed by atoms with Crippen LogP contribution in [0.15, 0.2) is 34.0 Å². The molecule has 3 aromatic rings. The van der Waals surface area contributed by atoms with Crippen molar-refractivity contribution in [3.63, 3.8) is 0 Å². The topological polar surface area (TPSA) is 68.9 Å². The maximum absolute atomic E-state index is 12.6. The van der Waals surface area contributed by atoms with Crippen LogP contribution < -0.4 is 16.6 Å². The zero-order valence-electron chi connectivity index (χ0n) is 13.2. The third kappa shape index (κ3) is 2.48. The van der Waals surface area contributed by atoms with Crippen LogP contribution in [0.4, 0.5) is 11.4 Å². The summed E-state index contributed by atoms with van der Waals surface area (Å²) >= 11 is 12.3. The number of pyridine rings is 1. The number of hydrogen-bond acceptors (Lipinski definition) is 4. The van der Waals surface area contributed by atoms with E-state index >= 15 is 0 Å². The number of anilines is 2. The van der Waals surface area contributed by atoms with Gasteiger partial charge in [0.25, 0.3) is 5.56 Å². The predicted molar refractivity (Wildman–Crippen MR) is 96.7 cm³/mol. The molecule has 0 aliphatic heterocycles. The molecule has 0 unspecified atom stereocenters. The molecule has 6 nitrogen and oxygen atoms in total. The van der Waals surface area contributed by atoms with Crippen molar-refractivity contribution in [3.8, 4) is 0 Å². The molecule has 0 radical (unpaired) electrons. The van der Waals surface area contributed by atoms with E-state index < -0.39 is 11.2 Å². The Kier molecular flexibility index (Phi) is 4.11. The van der Waals surface area contributed by atoms with E-state index in [4.69, 9.17) is 23.2 Å². The number of benzene rings is 1. The predicted octanol–water partition coefficient (Wildman–Crippen LogP) is 2.99. The highest BCUT2D eigenvalue weighted by Gasteiger charge is 2.17. The van der Waals surface area contributed by atoms with Gasteiger partial charge >= 0.3 is 5.69 Å². The van der Waals surface area contributed by atoms with Gasteiger partial charge in [0, 0.05) is 20.3 Å². The highest BCUT2D eigenvalue weighted by Crippen LogP contribution is 2.34. The first-order valence-electron chi connectivity index (χ1n) is 7.09. The number of nitrogens with zero attached hydrogens (tertiary/aromatic N) is 3. The van der Waals surface area contributed by atoms with Crippen LogP contribution in [0.1, 0.15) is 5.56 Å². The van der Waals surface area contributed by atoms with Crippen LogP contribution in [0, 0.1) is 6.92 Å². The van der Waals surface area contributed by atoms with Crippen LogP contribution in [0.5, 0.6) is 0 Å². The molecular weight excluding hydrogens is 351 g/mol. The van der Waals surface area contributed by atoms with Crippen molar-refractivity contribution in [3.05, 3.63) is 60.8 Å². The maximum Gasteiger partial charge on any atom is 0.332 e. The fourth-order valence-corrected chi connectivity index (χ4v) is 2.87. The van der Waals surface area contributed by atoms with E-state index in [0.29, 0.717) is 32.5 Å². The smallest absolute Gasteiger partial charge is 0.332 e. The molecule has 1 aromatic carbocycles. The van der Waals surface area contributed by atoms with Gasteiger partial charge in [0.2, 0.25) is 0 Å². The van der Waals surface area contributed by atoms with Crippen LogP contribution >= 0.6 is 23.2 Å². The normalized spacial score (nSPS) is 11.0. The Morgan fingerprint density at radius 1 is 1.12 bits per heavy atom. The number of halogens is 2. The first kappa shape index (κ1) is 16.5. The molecule has 0 fully saturated rings. The van der Waals surface area contributed by atoms with Gasteiger partial charge in [-0.3, -0.25) is 13.9 Å². The number of hydrogen-bond donors (Lipinski definition) is 1. The maximum atomic E-state index is 12.6. The number of fused-ring (bicyclic) bond motifs is 1. The first-order valence-corrected chi connectivity index (χ1v) is 7.85. The van der Waals surface area contributed by atoms with E-state index in [1.165, 1.54) is 11.6 Å². The van der Waals surface area contributed by atoms with Crippen LogP contribution in [0.25, 0.3) is 11.0 Å². The molecule has 0 aliphatic carbocycles. The standard InChI is InChI=1S/C16H14Cl2N4O2/c1-8-7-19-14-11(15(23)22(3)16(24)21(14)2)13(8)20-10-6-4-5-9(17)12(10)18/h4-7H,1-3H3,(H,19,20). The molecule has 24 heavy (non-hydrogen) atoms. The molecular formula is C16H14Cl2N4O2. The zero-order chi connectivity index (χ0) is 17.6. The van der Waals surface area contributed by atoms with Crippen molar-refractivity contribution in [2.45, 2.75) is 6.92 Å². The van der Waals surface area contributed by atoms with E-state index in [9.17, 15) is 9.59 Å². The average Bonchev–Trinajstić information content (AvgIpc) is 2.56. The lowest BCUT2D eigenvalue weighted by atomic mass is 10.1. The second kappa shape index (κ2) is 5.96. The summed E-state index contributed by atoms with van der Waals surface area (Å²) in [5, 5.41) is 4.22. The van der Waals surface area contributed by atoms with Gasteiger partial charge in [-0.25, -0.2) is 9.78 Å². The van der Waals surface area contributed by atoms with E-state index in [2.05, 4.69) is 10.3 Å². The van der Waals surface area contributed by atoms with Crippen molar-refractivity contribution < 1.29 is 0 Å². The molecule has 0 amide bonds. The lowest BCUT2D eigenvalue weighted by Crippen LogP contribution is -2.37. The van der Waals surface area contributed by atoms with Crippen LogP contribution in [0.3, 0.4) is 0 Å². The van der Waals surface area contributed by atoms with Gasteiger partial charge in [0.05, 0.1) is 21.4 Å². The van der Waals surface area contributed by atoms with E-state index in [1.807, 2.05) is 6.92 Å². The largest absolute Gasteiger partial charge is 0.353 e. The van der Waals surface area contributed by atoms with Gasteiger partial charge < -0.3 is 5.32 Å². The highest BCUT2D eigenvalue weighted by atomic mass is 35.5. The van der Waals surface area contributed by atoms with Gasteiger partial charge in [-0.05, 0) is 24.6 Å². The van der Waals surface area contributed by atoms with Crippen LogP contribution in [-0.2, 0) is 14.1 Å². The quantitative estimate of drug-likeness (QED) is 0.758. The Bertz CT molecular complexity index is 1090. The van der Waals surface area contributed by atoms with Gasteiger partial charge in [-0.2, -0.15) is 0 Å². The minimum absolute atomic E-state index is 0.300. The van der Waals surface area contributed by atoms with Gasteiger partial charge in [-0.15, -0.1) is 0 Å². The molecule has 2 heterocycles. The summed E-state index contributed by atoms with van der Waals surface area (Å²) in [6.07, 6.45) is 1.60. The fourth-order valence-electron chi connectivity index (χ4n) is 2.52. The molecule has 0 bridgehead atoms. The molecule has 0 saturated heterocycles. The van der Waals surface area contributed by atoms with Crippen molar-refractivity contribution in [1.29, 1.82) is 0 Å². The fraction of sp³-hybridized carbons (Fsp3) is 0.188. The molecule has 0 saturated carbocycles. The summed E-state index contributed by atoms with van der Waals surface area (Å²) in [5.41, 5.74) is 1.29. The van der Waals surface area contributed by atoms with Crippen LogP contribution in [-0.4, -0.2) is 14.1 Å². The number of nitrogens with one attached hydrogen (secondary N) is 1. The molecule has 3 rings (SSSR count). The van der Waals surface area contributed by atoms with Gasteiger partial charge in [0.15, 0.2) is 5.65 Å². The summed E-state index contributed by atoms with van der Waals surface area (Å²) in [4.78, 5) is 28.9. The Morgan fingerprint density at radius 3 is 2.54 bits per heavy atom. The summed E-state index contributed by atoms with van der Waals surface area (Å²) in [6.45, 7) is 1.82. The monoisotopic (exact) mass is 364 g/mol. The van der Waals surface area contributed by atoms with Crippen molar-refractivity contribution in [1.82, 2.24) is 14.1 Å². The molecule has 0 atom stereocenters. The summed E-state index contributed by atoms with van der Waals surface area (Å²) < 4.78 is 2.38. The SMILES string of the molecule is Cc1cnc2c(c1Nc1cccc(Cl)c1Cl)c(=O)n(C)c(=O)n2C. The minimum Gasteiger partial charge on any atom is -0.353 e. The zero-order valence-corrected chi connectivity index (χ0v) is 14.7. The van der Waals surface area contributed by atoms with Crippen molar-refractivity contribution >= 4 is 45.6 Å². The van der Waals surface area contributed by atoms with Gasteiger partial charge in [-0.1, -0.05) is 29.3 Å². The molecule has 1 N–H and O–H groups in total. The highest BCUT2D eigenvalue weighted by molar-refractivity contribution is 6.43. The lowest BCUT2D eigenvalue weighted by molar-refractivity contribution is 0.707. The molecule has 8 heteroatoms. The molecule has 2 aromatic heterocycles.